The van der Waals surface area contributed by atoms with Crippen molar-refractivity contribution < 1.29 is 39.0 Å². The Bertz CT molecular complexity index is 113. The van der Waals surface area contributed by atoms with E-state index in [1.54, 1.807) is 0 Å². The molecule has 9 heteroatoms. The molecule has 0 aromatic carbocycles. The first-order chi connectivity index (χ1) is 3.73. The van der Waals surface area contributed by atoms with E-state index in [4.69, 9.17) is 34.3 Å². The van der Waals surface area contributed by atoms with Gasteiger partial charge in [-0.25, -0.2) is 9.36 Å². The van der Waals surface area contributed by atoms with Crippen molar-refractivity contribution in [2.75, 3.05) is 0 Å². The van der Waals surface area contributed by atoms with Crippen molar-refractivity contribution in [3.05, 3.63) is 0 Å². The van der Waals surface area contributed by atoms with Crippen LogP contribution < -0.4 is 0 Å². The Labute approximate surface area is 54.2 Å². The van der Waals surface area contributed by atoms with E-state index in [0.717, 1.165) is 0 Å². The summed E-state index contributed by atoms with van der Waals surface area (Å²) in [6, 6.07) is 0. The first-order valence-corrected chi connectivity index (χ1v) is 3.00. The third-order valence-electron chi connectivity index (χ3n) is 0. The lowest BCUT2D eigenvalue weighted by Gasteiger charge is -1.82. The van der Waals surface area contributed by atoms with Gasteiger partial charge in [0.1, 0.15) is 0 Å². The van der Waals surface area contributed by atoms with Gasteiger partial charge in [-0.15, -0.1) is 0 Å². The lowest BCUT2D eigenvalue weighted by atomic mass is 11.5. The molecule has 0 bridgehead atoms. The summed E-state index contributed by atoms with van der Waals surface area (Å²) >= 11 is 0. The second-order valence-corrected chi connectivity index (χ2v) is 1.82. The van der Waals surface area contributed by atoms with Crippen LogP contribution in [0.5, 0.6) is 0 Å². The van der Waals surface area contributed by atoms with Crippen LogP contribution in [0, 0.1) is 0 Å². The third kappa shape index (κ3) is 611. The molecule has 0 amide bonds. The van der Waals surface area contributed by atoms with Crippen LogP contribution in [-0.4, -0.2) is 31.0 Å². The van der Waals surface area contributed by atoms with Crippen molar-refractivity contribution in [3.63, 3.8) is 0 Å². The summed E-state index contributed by atoms with van der Waals surface area (Å²) < 4.78 is 8.88. The smallest absolute Gasteiger partial charge is 0.450 e. The normalized spacial score (nSPS) is 8.30. The van der Waals surface area contributed by atoms with Crippen LogP contribution in [-0.2, 0) is 4.57 Å². The average Bonchev–Trinajstić information content (AvgIpc) is 1.19. The summed E-state index contributed by atoms with van der Waals surface area (Å²) in [5.41, 5.74) is 0. The fourth-order valence-electron chi connectivity index (χ4n) is 0. The highest BCUT2D eigenvalue weighted by Crippen LogP contribution is 2.25. The highest BCUT2D eigenvalue weighted by atomic mass is 31.2. The molecule has 0 radical (unpaired) electrons. The van der Waals surface area contributed by atoms with Gasteiger partial charge >= 0.3 is 14.0 Å². The zero-order chi connectivity index (χ0) is 8.08. The summed E-state index contributed by atoms with van der Waals surface area (Å²) in [5, 5.41) is 13.9. The first-order valence-electron chi connectivity index (χ1n) is 1.43. The van der Waals surface area contributed by atoms with Crippen LogP contribution in [0.15, 0.2) is 0 Å². The van der Waals surface area contributed by atoms with Crippen molar-refractivity contribution in [2.45, 2.75) is 0 Å². The van der Waals surface area contributed by atoms with Crippen molar-refractivity contribution in [1.82, 2.24) is 0 Å². The molecular weight excluding hydrogens is 174 g/mol. The number of carboxylic acid groups (broad SMARTS) is 2. The molecule has 0 atom stereocenters. The Morgan fingerprint density at radius 1 is 1.10 bits per heavy atom. The number of carbonyl (C=O) groups is 1. The maximum absolute atomic E-state index is 8.88. The van der Waals surface area contributed by atoms with Gasteiger partial charge in [0, 0.05) is 0 Å². The fourth-order valence-corrected chi connectivity index (χ4v) is 0. The molecular formula is CH6FO7P. The summed E-state index contributed by atoms with van der Waals surface area (Å²) in [4.78, 5) is 30.1. The standard InChI is InChI=1S/CH2O3.FH.H3O4P/c2-1(3)4;;1-5(2,3)4/h(H2,2,3,4);1H;(H3,1,2,3,4). The molecule has 0 aliphatic rings. The van der Waals surface area contributed by atoms with Crippen molar-refractivity contribution >= 4 is 14.0 Å². The van der Waals surface area contributed by atoms with E-state index in [1.165, 1.54) is 0 Å². The lowest BCUT2D eigenvalue weighted by Crippen LogP contribution is -1.81. The van der Waals surface area contributed by atoms with E-state index in [9.17, 15) is 0 Å². The minimum atomic E-state index is -4.64. The van der Waals surface area contributed by atoms with Gasteiger partial charge in [0.05, 0.1) is 0 Å². The summed E-state index contributed by atoms with van der Waals surface area (Å²) in [5.74, 6) is 0. The van der Waals surface area contributed by atoms with Crippen molar-refractivity contribution in [1.29, 1.82) is 0 Å². The topological polar surface area (TPSA) is 135 Å². The van der Waals surface area contributed by atoms with E-state index in [1.807, 2.05) is 0 Å². The molecule has 7 nitrogen and oxygen atoms in total. The quantitative estimate of drug-likeness (QED) is 0.315. The van der Waals surface area contributed by atoms with Crippen LogP contribution in [0.4, 0.5) is 9.50 Å². The van der Waals surface area contributed by atoms with Gasteiger partial charge in [0.15, 0.2) is 0 Å². The number of halogens is 1. The van der Waals surface area contributed by atoms with E-state index in [-0.39, 0.29) is 4.70 Å². The van der Waals surface area contributed by atoms with Crippen molar-refractivity contribution in [2.24, 2.45) is 0 Å². The predicted molar refractivity (Wildman–Crippen MR) is 27.4 cm³/mol. The average molecular weight is 180 g/mol. The lowest BCUT2D eigenvalue weighted by molar-refractivity contribution is 0.137. The molecule has 64 valence electrons. The van der Waals surface area contributed by atoms with Gasteiger partial charge in [-0.05, 0) is 0 Å². The minimum Gasteiger partial charge on any atom is -0.450 e. The Hall–Kier alpha value is -0.690. The zero-order valence-electron chi connectivity index (χ0n) is 4.41. The molecule has 0 saturated carbocycles. The van der Waals surface area contributed by atoms with Crippen molar-refractivity contribution in [3.8, 4) is 0 Å². The van der Waals surface area contributed by atoms with E-state index in [2.05, 4.69) is 0 Å². The van der Waals surface area contributed by atoms with Crippen LogP contribution in [0.25, 0.3) is 0 Å². The second kappa shape index (κ2) is 6.43. The molecule has 0 aromatic heterocycles. The fraction of sp³-hybridized carbons (Fsp3) is 0. The zero-order valence-corrected chi connectivity index (χ0v) is 5.30. The van der Waals surface area contributed by atoms with Gasteiger partial charge in [-0.1, -0.05) is 0 Å². The highest BCUT2D eigenvalue weighted by Gasteiger charge is 2.00. The summed E-state index contributed by atoms with van der Waals surface area (Å²) in [6.45, 7) is 0. The van der Waals surface area contributed by atoms with Crippen LogP contribution in [0.3, 0.4) is 0 Å². The molecule has 0 aliphatic carbocycles. The Morgan fingerprint density at radius 3 is 1.10 bits per heavy atom. The monoisotopic (exact) mass is 180 g/mol. The predicted octanol–water partition coefficient (Wildman–Crippen LogP) is -0.554. The molecule has 0 heterocycles. The summed E-state index contributed by atoms with van der Waals surface area (Å²) in [7, 11) is -4.64. The first kappa shape index (κ1) is 16.1. The summed E-state index contributed by atoms with van der Waals surface area (Å²) in [6.07, 6.45) is -1.83. The van der Waals surface area contributed by atoms with Gasteiger partial charge < -0.3 is 24.9 Å². The van der Waals surface area contributed by atoms with Gasteiger partial charge in [-0.2, -0.15) is 0 Å². The van der Waals surface area contributed by atoms with E-state index >= 15 is 0 Å². The minimum absolute atomic E-state index is 0. The highest BCUT2D eigenvalue weighted by molar-refractivity contribution is 7.45. The molecule has 0 rings (SSSR count). The molecule has 0 saturated heterocycles. The Kier molecular flexibility index (Phi) is 10.4. The number of phosphoric acid groups is 1. The molecule has 0 aromatic rings. The molecule has 0 fully saturated rings. The van der Waals surface area contributed by atoms with Crippen LogP contribution in [0.1, 0.15) is 0 Å². The van der Waals surface area contributed by atoms with Gasteiger partial charge in [-0.3, -0.25) is 4.70 Å². The molecule has 5 N–H and O–H groups in total. The second-order valence-electron chi connectivity index (χ2n) is 0.796. The Morgan fingerprint density at radius 2 is 1.10 bits per heavy atom. The SMILES string of the molecule is F.O=C(O)O.O=P(O)(O)O. The third-order valence-corrected chi connectivity index (χ3v) is 0. The molecule has 10 heavy (non-hydrogen) atoms. The molecule has 0 unspecified atom stereocenters. The van der Waals surface area contributed by atoms with Gasteiger partial charge in [0.2, 0.25) is 0 Å². The maximum atomic E-state index is 8.88. The number of hydrogen-bond acceptors (Lipinski definition) is 2. The van der Waals surface area contributed by atoms with E-state index < -0.39 is 14.0 Å². The number of hydrogen-bond donors (Lipinski definition) is 5. The van der Waals surface area contributed by atoms with Gasteiger partial charge in [0.25, 0.3) is 0 Å². The van der Waals surface area contributed by atoms with E-state index in [0.29, 0.717) is 0 Å². The Balaban J connectivity index is -0.0000000910. The largest absolute Gasteiger partial charge is 0.503 e. The number of rotatable bonds is 0. The molecule has 0 aliphatic heterocycles. The maximum Gasteiger partial charge on any atom is 0.503 e. The van der Waals surface area contributed by atoms with Crippen LogP contribution >= 0.6 is 7.82 Å². The van der Waals surface area contributed by atoms with Crippen LogP contribution in [0.2, 0.25) is 0 Å². The molecule has 0 spiro atoms.